The summed E-state index contributed by atoms with van der Waals surface area (Å²) in [7, 11) is -0.832. The van der Waals surface area contributed by atoms with E-state index < -0.39 is 10.8 Å². The lowest BCUT2D eigenvalue weighted by molar-refractivity contribution is 0.682. The summed E-state index contributed by atoms with van der Waals surface area (Å²) in [6, 6.07) is 20.2. The van der Waals surface area contributed by atoms with E-state index in [2.05, 4.69) is 17.4 Å². The third-order valence-corrected chi connectivity index (χ3v) is 3.52. The highest BCUT2D eigenvalue weighted by atomic mass is 32.2. The third-order valence-electron chi connectivity index (χ3n) is 2.72. The van der Waals surface area contributed by atoms with E-state index in [0.717, 1.165) is 11.3 Å². The molecule has 2 aromatic carbocycles. The molecule has 3 heteroatoms. The van der Waals surface area contributed by atoms with E-state index in [1.165, 1.54) is 0 Å². The second kappa shape index (κ2) is 6.36. The maximum Gasteiger partial charge on any atom is 0.0629 e. The molecule has 94 valence electrons. The van der Waals surface area contributed by atoms with Gasteiger partial charge >= 0.3 is 0 Å². The van der Waals surface area contributed by atoms with Crippen LogP contribution >= 0.6 is 0 Å². The second-order valence-corrected chi connectivity index (χ2v) is 5.69. The summed E-state index contributed by atoms with van der Waals surface area (Å²) in [5, 5.41) is 3.43. The zero-order valence-electron chi connectivity index (χ0n) is 10.4. The molecule has 2 unspecified atom stereocenters. The largest absolute Gasteiger partial charge is 0.377 e. The van der Waals surface area contributed by atoms with Crippen LogP contribution in [0.15, 0.2) is 60.7 Å². The van der Waals surface area contributed by atoms with Crippen LogP contribution in [0.1, 0.15) is 11.6 Å². The maximum atomic E-state index is 11.5. The van der Waals surface area contributed by atoms with E-state index in [0.29, 0.717) is 5.75 Å². The van der Waals surface area contributed by atoms with Gasteiger partial charge in [-0.1, -0.05) is 48.5 Å². The second-order valence-electron chi connectivity index (χ2n) is 4.21. The first kappa shape index (κ1) is 12.8. The number of anilines is 1. The van der Waals surface area contributed by atoms with Crippen LogP contribution in [-0.4, -0.2) is 16.2 Å². The molecule has 0 bridgehead atoms. The lowest BCUT2D eigenvalue weighted by Gasteiger charge is -2.19. The molecule has 2 atom stereocenters. The first-order valence-electron chi connectivity index (χ1n) is 5.92. The smallest absolute Gasteiger partial charge is 0.0629 e. The number of rotatable bonds is 5. The van der Waals surface area contributed by atoms with Gasteiger partial charge in [-0.3, -0.25) is 4.21 Å². The molecule has 2 aromatic rings. The molecule has 0 aliphatic carbocycles. The third kappa shape index (κ3) is 3.70. The standard InChI is InChI=1S/C15H17NOS/c1-18(17)12-15(13-8-4-2-5-9-13)16-14-10-6-3-7-11-14/h2-11,15-16H,12H2,1H3. The minimum atomic E-state index is -0.832. The summed E-state index contributed by atoms with van der Waals surface area (Å²) in [6.07, 6.45) is 1.74. The van der Waals surface area contributed by atoms with E-state index in [1.807, 2.05) is 48.5 Å². The minimum absolute atomic E-state index is 0.0828. The van der Waals surface area contributed by atoms with Crippen LogP contribution in [0.4, 0.5) is 5.69 Å². The Hall–Kier alpha value is -1.61. The van der Waals surface area contributed by atoms with Crippen molar-refractivity contribution in [3.63, 3.8) is 0 Å². The Morgan fingerprint density at radius 3 is 2.11 bits per heavy atom. The normalized spacial score (nSPS) is 13.8. The topological polar surface area (TPSA) is 29.1 Å². The molecule has 0 fully saturated rings. The van der Waals surface area contributed by atoms with Crippen LogP contribution in [0.5, 0.6) is 0 Å². The van der Waals surface area contributed by atoms with Crippen LogP contribution in [0.3, 0.4) is 0 Å². The van der Waals surface area contributed by atoms with Gasteiger partial charge in [0.2, 0.25) is 0 Å². The fourth-order valence-corrected chi connectivity index (χ4v) is 2.62. The Labute approximate surface area is 111 Å². The fourth-order valence-electron chi connectivity index (χ4n) is 1.88. The molecule has 0 saturated carbocycles. The molecular weight excluding hydrogens is 242 g/mol. The molecule has 0 spiro atoms. The van der Waals surface area contributed by atoms with Gasteiger partial charge in [0.25, 0.3) is 0 Å². The van der Waals surface area contributed by atoms with Gasteiger partial charge in [-0.05, 0) is 17.7 Å². The summed E-state index contributed by atoms with van der Waals surface area (Å²) < 4.78 is 11.5. The van der Waals surface area contributed by atoms with E-state index in [-0.39, 0.29) is 6.04 Å². The molecule has 18 heavy (non-hydrogen) atoms. The molecule has 0 aliphatic rings. The predicted molar refractivity (Wildman–Crippen MR) is 78.2 cm³/mol. The van der Waals surface area contributed by atoms with Crippen molar-refractivity contribution in [1.82, 2.24) is 0 Å². The average molecular weight is 259 g/mol. The van der Waals surface area contributed by atoms with Crippen molar-refractivity contribution in [2.24, 2.45) is 0 Å². The first-order chi connectivity index (χ1) is 8.75. The van der Waals surface area contributed by atoms with Crippen LogP contribution in [-0.2, 0) is 10.8 Å². The highest BCUT2D eigenvalue weighted by Crippen LogP contribution is 2.20. The van der Waals surface area contributed by atoms with Gasteiger partial charge in [0.05, 0.1) is 6.04 Å². The van der Waals surface area contributed by atoms with Gasteiger partial charge in [0.15, 0.2) is 0 Å². The van der Waals surface area contributed by atoms with Crippen molar-refractivity contribution >= 4 is 16.5 Å². The SMILES string of the molecule is CS(=O)CC(Nc1ccccc1)c1ccccc1. The Morgan fingerprint density at radius 1 is 1.00 bits per heavy atom. The van der Waals surface area contributed by atoms with Crippen molar-refractivity contribution in [3.8, 4) is 0 Å². The number of nitrogens with one attached hydrogen (secondary N) is 1. The fraction of sp³-hybridized carbons (Fsp3) is 0.200. The maximum absolute atomic E-state index is 11.5. The van der Waals surface area contributed by atoms with Crippen molar-refractivity contribution in [1.29, 1.82) is 0 Å². The van der Waals surface area contributed by atoms with Crippen molar-refractivity contribution in [2.45, 2.75) is 6.04 Å². The van der Waals surface area contributed by atoms with Gasteiger partial charge in [0, 0.05) is 28.5 Å². The van der Waals surface area contributed by atoms with E-state index in [9.17, 15) is 4.21 Å². The predicted octanol–water partition coefficient (Wildman–Crippen LogP) is 3.22. The Morgan fingerprint density at radius 2 is 1.56 bits per heavy atom. The van der Waals surface area contributed by atoms with E-state index in [4.69, 9.17) is 0 Å². The summed E-state index contributed by atoms with van der Waals surface area (Å²) in [5.41, 5.74) is 2.22. The van der Waals surface area contributed by atoms with Crippen molar-refractivity contribution in [2.75, 3.05) is 17.3 Å². The lowest BCUT2D eigenvalue weighted by Crippen LogP contribution is -2.17. The number of hydrogen-bond donors (Lipinski definition) is 1. The number of benzene rings is 2. The van der Waals surface area contributed by atoms with Crippen LogP contribution in [0.25, 0.3) is 0 Å². The minimum Gasteiger partial charge on any atom is -0.377 e. The highest BCUT2D eigenvalue weighted by Gasteiger charge is 2.12. The van der Waals surface area contributed by atoms with Gasteiger partial charge in [-0.25, -0.2) is 0 Å². The van der Waals surface area contributed by atoms with Crippen LogP contribution in [0.2, 0.25) is 0 Å². The van der Waals surface area contributed by atoms with Crippen LogP contribution in [0, 0.1) is 0 Å². The van der Waals surface area contributed by atoms with Gasteiger partial charge < -0.3 is 5.32 Å². The van der Waals surface area contributed by atoms with Crippen LogP contribution < -0.4 is 5.32 Å². The molecule has 0 aromatic heterocycles. The summed E-state index contributed by atoms with van der Waals surface area (Å²) >= 11 is 0. The van der Waals surface area contributed by atoms with Crippen molar-refractivity contribution in [3.05, 3.63) is 66.2 Å². The average Bonchev–Trinajstić information content (AvgIpc) is 2.40. The van der Waals surface area contributed by atoms with Gasteiger partial charge in [0.1, 0.15) is 0 Å². The molecule has 0 heterocycles. The molecule has 0 radical (unpaired) electrons. The summed E-state index contributed by atoms with van der Waals surface area (Å²) in [6.45, 7) is 0. The van der Waals surface area contributed by atoms with E-state index in [1.54, 1.807) is 6.26 Å². The monoisotopic (exact) mass is 259 g/mol. The van der Waals surface area contributed by atoms with Crippen molar-refractivity contribution < 1.29 is 4.21 Å². The Kier molecular flexibility index (Phi) is 4.53. The zero-order valence-corrected chi connectivity index (χ0v) is 11.2. The van der Waals surface area contributed by atoms with E-state index >= 15 is 0 Å². The van der Waals surface area contributed by atoms with Gasteiger partial charge in [-0.2, -0.15) is 0 Å². The molecule has 0 saturated heterocycles. The Bertz CT molecular complexity index is 498. The number of hydrogen-bond acceptors (Lipinski definition) is 2. The summed E-state index contributed by atoms with van der Waals surface area (Å²) in [5.74, 6) is 0.610. The number of para-hydroxylation sites is 1. The molecule has 2 rings (SSSR count). The quantitative estimate of drug-likeness (QED) is 0.893. The molecular formula is C15H17NOS. The molecule has 0 aliphatic heterocycles. The highest BCUT2D eigenvalue weighted by molar-refractivity contribution is 7.84. The zero-order chi connectivity index (χ0) is 12.8. The first-order valence-corrected chi connectivity index (χ1v) is 7.65. The molecule has 2 nitrogen and oxygen atoms in total. The summed E-state index contributed by atoms with van der Waals surface area (Å²) in [4.78, 5) is 0. The molecule has 0 amide bonds. The van der Waals surface area contributed by atoms with Gasteiger partial charge in [-0.15, -0.1) is 0 Å². The molecule has 1 N–H and O–H groups in total. The Balaban J connectivity index is 2.18. The lowest BCUT2D eigenvalue weighted by atomic mass is 10.1.